The molecule has 37 heavy (non-hydrogen) atoms. The normalized spacial score (nSPS) is 56.9. The zero-order valence-electron chi connectivity index (χ0n) is 23.2. The van der Waals surface area contributed by atoms with Gasteiger partial charge in [0.15, 0.2) is 0 Å². The van der Waals surface area contributed by atoms with Crippen LogP contribution >= 0.6 is 0 Å². The average molecular weight is 519 g/mol. The Morgan fingerprint density at radius 2 is 1.95 bits per heavy atom. The lowest BCUT2D eigenvalue weighted by molar-refractivity contribution is -0.284. The van der Waals surface area contributed by atoms with Gasteiger partial charge in [-0.2, -0.15) is 0 Å². The molecule has 2 saturated heterocycles. The molecule has 1 N–H and O–H groups in total. The van der Waals surface area contributed by atoms with Gasteiger partial charge in [-0.3, -0.25) is 4.90 Å². The molecule has 7 bridgehead atoms. The third-order valence-electron chi connectivity index (χ3n) is 12.6. The first kappa shape index (κ1) is 25.4. The Morgan fingerprint density at radius 3 is 2.62 bits per heavy atom. The molecule has 0 aromatic rings. The smallest absolute Gasteiger partial charge is 0.148 e. The van der Waals surface area contributed by atoms with Crippen LogP contribution in [0.5, 0.6) is 0 Å². The van der Waals surface area contributed by atoms with Crippen molar-refractivity contribution in [1.82, 2.24) is 10.2 Å². The lowest BCUT2D eigenvalue weighted by Gasteiger charge is -2.70. The Hall–Kier alpha value is -0.580. The van der Waals surface area contributed by atoms with Crippen LogP contribution in [0.2, 0.25) is 0 Å². The summed E-state index contributed by atoms with van der Waals surface area (Å²) in [5.74, 6) is 1.29. The summed E-state index contributed by atoms with van der Waals surface area (Å²) in [6, 6.07) is 0.174. The van der Waals surface area contributed by atoms with Gasteiger partial charge in [0.05, 0.1) is 30.5 Å². The molecule has 8 nitrogen and oxygen atoms in total. The molecule has 7 rings (SSSR count). The standard InChI is InChI=1S/C29H46N2O6/c1-7-11-30-14-26-10-9-20(33-4)28-18-12-17-19(32-3)13-27(21(18)22(17)34-5)29(37-16-36-27,24(35-6)23(26)28)25(28)31(8-2)15-26/h7,17-25,30H,1,8-16H2,2-6H3/t17-,18-,19+,20+,21-,22+,23-,24+,25?,26-,27-,28+,29-/m1/s1. The second kappa shape index (κ2) is 8.46. The van der Waals surface area contributed by atoms with Crippen molar-refractivity contribution in [1.29, 1.82) is 0 Å². The number of rotatable bonds is 9. The molecule has 3 spiro atoms. The molecule has 0 radical (unpaired) electrons. The Labute approximate surface area is 221 Å². The van der Waals surface area contributed by atoms with Gasteiger partial charge in [-0.1, -0.05) is 13.0 Å². The number of methoxy groups -OCH3 is 4. The van der Waals surface area contributed by atoms with Gasteiger partial charge >= 0.3 is 0 Å². The van der Waals surface area contributed by atoms with Crippen LogP contribution in [0, 0.1) is 34.5 Å². The maximum absolute atomic E-state index is 7.07. The molecule has 0 aromatic carbocycles. The molecule has 2 aliphatic heterocycles. The third kappa shape index (κ3) is 2.56. The summed E-state index contributed by atoms with van der Waals surface area (Å²) in [4.78, 5) is 2.75. The van der Waals surface area contributed by atoms with Gasteiger partial charge in [0.1, 0.15) is 18.0 Å². The van der Waals surface area contributed by atoms with Crippen molar-refractivity contribution in [2.75, 3.05) is 61.4 Å². The van der Waals surface area contributed by atoms with E-state index in [9.17, 15) is 0 Å². The molecule has 0 aromatic heterocycles. The van der Waals surface area contributed by atoms with Gasteiger partial charge in [0.25, 0.3) is 0 Å². The number of ether oxygens (including phenoxy) is 6. The minimum Gasteiger partial charge on any atom is -0.381 e. The van der Waals surface area contributed by atoms with Crippen LogP contribution in [0.4, 0.5) is 0 Å². The molecule has 1 unspecified atom stereocenters. The molecular weight excluding hydrogens is 472 g/mol. The molecule has 5 aliphatic carbocycles. The molecule has 5 saturated carbocycles. The highest BCUT2D eigenvalue weighted by Crippen LogP contribution is 2.82. The van der Waals surface area contributed by atoms with Crippen LogP contribution in [0.25, 0.3) is 0 Å². The van der Waals surface area contributed by atoms with E-state index in [-0.39, 0.29) is 47.2 Å². The summed E-state index contributed by atoms with van der Waals surface area (Å²) in [7, 11) is 7.58. The van der Waals surface area contributed by atoms with Gasteiger partial charge in [0.2, 0.25) is 0 Å². The van der Waals surface area contributed by atoms with Crippen molar-refractivity contribution in [2.45, 2.75) is 74.3 Å². The largest absolute Gasteiger partial charge is 0.381 e. The van der Waals surface area contributed by atoms with Gasteiger partial charge < -0.3 is 33.7 Å². The molecule has 208 valence electrons. The Morgan fingerprint density at radius 1 is 1.11 bits per heavy atom. The molecule has 7 aliphatic rings. The zero-order chi connectivity index (χ0) is 25.8. The number of nitrogens with zero attached hydrogens (tertiary/aromatic N) is 1. The van der Waals surface area contributed by atoms with E-state index < -0.39 is 11.2 Å². The maximum atomic E-state index is 7.07. The topological polar surface area (TPSA) is 70.7 Å². The van der Waals surface area contributed by atoms with E-state index in [0.29, 0.717) is 24.5 Å². The van der Waals surface area contributed by atoms with E-state index in [4.69, 9.17) is 28.4 Å². The van der Waals surface area contributed by atoms with E-state index in [1.807, 2.05) is 34.5 Å². The van der Waals surface area contributed by atoms with Gasteiger partial charge in [-0.15, -0.1) is 6.58 Å². The minimum absolute atomic E-state index is 0.0574. The summed E-state index contributed by atoms with van der Waals surface area (Å²) in [5, 5.41) is 3.76. The average Bonchev–Trinajstić information content (AvgIpc) is 3.49. The first-order chi connectivity index (χ1) is 18.0. The zero-order valence-corrected chi connectivity index (χ0v) is 23.2. The fourth-order valence-corrected chi connectivity index (χ4v) is 12.2. The summed E-state index contributed by atoms with van der Waals surface area (Å²) in [5.41, 5.74) is -1.14. The molecular formula is C29H46N2O6. The van der Waals surface area contributed by atoms with Crippen molar-refractivity contribution in [3.8, 4) is 0 Å². The first-order valence-corrected chi connectivity index (χ1v) is 14.5. The number of hydrogen-bond donors (Lipinski definition) is 1. The van der Waals surface area contributed by atoms with Crippen molar-refractivity contribution < 1.29 is 28.4 Å². The fourth-order valence-electron chi connectivity index (χ4n) is 12.2. The monoisotopic (exact) mass is 518 g/mol. The second-order valence-corrected chi connectivity index (χ2v) is 12.9. The van der Waals surface area contributed by atoms with Crippen LogP contribution in [0.3, 0.4) is 0 Å². The fraction of sp³-hybridized carbons (Fsp3) is 0.931. The number of likely N-dealkylation sites (N-methyl/N-ethyl adjacent to an activating group) is 1. The van der Waals surface area contributed by atoms with Gasteiger partial charge in [-0.25, -0.2) is 0 Å². The molecule has 0 amide bonds. The van der Waals surface area contributed by atoms with E-state index in [2.05, 4.69) is 23.7 Å². The van der Waals surface area contributed by atoms with Crippen molar-refractivity contribution in [2.24, 2.45) is 34.5 Å². The van der Waals surface area contributed by atoms with Crippen molar-refractivity contribution in [3.63, 3.8) is 0 Å². The third-order valence-corrected chi connectivity index (χ3v) is 12.6. The molecule has 8 heteroatoms. The van der Waals surface area contributed by atoms with Crippen molar-refractivity contribution in [3.05, 3.63) is 12.7 Å². The maximum Gasteiger partial charge on any atom is 0.148 e. The highest BCUT2D eigenvalue weighted by molar-refractivity contribution is 5.43. The summed E-state index contributed by atoms with van der Waals surface area (Å²) >= 11 is 0. The van der Waals surface area contributed by atoms with Gasteiger partial charge in [-0.05, 0) is 31.7 Å². The van der Waals surface area contributed by atoms with E-state index >= 15 is 0 Å². The van der Waals surface area contributed by atoms with Crippen molar-refractivity contribution >= 4 is 0 Å². The van der Waals surface area contributed by atoms with Crippen LogP contribution < -0.4 is 5.32 Å². The highest BCUT2D eigenvalue weighted by atomic mass is 16.7. The Bertz CT molecular complexity index is 936. The molecule has 2 heterocycles. The van der Waals surface area contributed by atoms with Crippen LogP contribution in [-0.2, 0) is 28.4 Å². The van der Waals surface area contributed by atoms with E-state index in [0.717, 1.165) is 51.9 Å². The lowest BCUT2D eigenvalue weighted by Crippen LogP contribution is -2.81. The number of likely N-dealkylation sites (tertiary alicyclic amines) is 1. The summed E-state index contributed by atoms with van der Waals surface area (Å²) < 4.78 is 39.9. The highest BCUT2D eigenvalue weighted by Gasteiger charge is 2.93. The molecule has 7 fully saturated rings. The minimum atomic E-state index is -0.590. The van der Waals surface area contributed by atoms with Crippen LogP contribution in [0.15, 0.2) is 12.7 Å². The van der Waals surface area contributed by atoms with Crippen LogP contribution in [-0.4, -0.2) is 108 Å². The SMILES string of the molecule is C=CCNC[C@]12CC[C@H](OC)[C@@]34C(N(CC)C1)[C@]1(OCO[C@@]15C[C@H](OC)[C@H]1C[C@@H]3[C@@H]5[C@H]1OC)[C@@H](OC)[C@H]24. The number of piperidine rings is 1. The number of fused-ring (bicyclic) bond motifs is 1. The predicted octanol–water partition coefficient (Wildman–Crippen LogP) is 2.07. The quantitative estimate of drug-likeness (QED) is 0.368. The summed E-state index contributed by atoms with van der Waals surface area (Å²) in [6.45, 7) is 10.4. The second-order valence-electron chi connectivity index (χ2n) is 12.9. The Balaban J connectivity index is 1.52. The Kier molecular flexibility index (Phi) is 5.81. The summed E-state index contributed by atoms with van der Waals surface area (Å²) in [6.07, 6.45) is 6.30. The van der Waals surface area contributed by atoms with Crippen LogP contribution in [0.1, 0.15) is 32.6 Å². The van der Waals surface area contributed by atoms with E-state index in [1.54, 1.807) is 0 Å². The number of hydrogen-bond acceptors (Lipinski definition) is 8. The lowest BCUT2D eigenvalue weighted by atomic mass is 9.42. The van der Waals surface area contributed by atoms with E-state index in [1.165, 1.54) is 0 Å². The first-order valence-electron chi connectivity index (χ1n) is 14.5. The predicted molar refractivity (Wildman–Crippen MR) is 137 cm³/mol. The van der Waals surface area contributed by atoms with Gasteiger partial charge in [0, 0.05) is 83.1 Å². The number of nitrogens with one attached hydrogen (secondary N) is 1. The molecule has 13 atom stereocenters.